The van der Waals surface area contributed by atoms with Crippen molar-refractivity contribution in [3.63, 3.8) is 0 Å². The second kappa shape index (κ2) is 8.28. The summed E-state index contributed by atoms with van der Waals surface area (Å²) in [5.74, 6) is -0.282. The lowest BCUT2D eigenvalue weighted by Crippen LogP contribution is -2.29. The Bertz CT molecular complexity index is 970. The van der Waals surface area contributed by atoms with E-state index in [4.69, 9.17) is 0 Å². The fourth-order valence-corrected chi connectivity index (χ4v) is 5.07. The Kier molecular flexibility index (Phi) is 6.15. The molecular weight excluding hydrogens is 384 g/mol. The molecule has 29 heavy (non-hydrogen) atoms. The van der Waals surface area contributed by atoms with Crippen LogP contribution in [-0.2, 0) is 15.4 Å². The molecule has 6 heteroatoms. The van der Waals surface area contributed by atoms with Crippen LogP contribution in [0.25, 0.3) is 0 Å². The van der Waals surface area contributed by atoms with Gasteiger partial charge in [-0.25, -0.2) is 8.42 Å². The van der Waals surface area contributed by atoms with Crippen LogP contribution in [0, 0.1) is 0 Å². The minimum absolute atomic E-state index is 0.0757. The summed E-state index contributed by atoms with van der Waals surface area (Å²) in [7, 11) is -3.54. The highest BCUT2D eigenvalue weighted by molar-refractivity contribution is 7.89. The highest BCUT2D eigenvalue weighted by Crippen LogP contribution is 2.25. The van der Waals surface area contributed by atoms with Crippen LogP contribution in [-0.4, -0.2) is 31.7 Å². The standard InChI is InChI=1S/C23H30N2O3S/c1-17(18-10-12-20(13-11-18)23(2,3)4)24-22(26)19-8-7-9-21(16-19)29(27,28)25-14-5-6-15-25/h7-13,16-17H,5-6,14-15H2,1-4H3,(H,24,26)/t17-/m0/s1. The summed E-state index contributed by atoms with van der Waals surface area (Å²) in [6.07, 6.45) is 1.76. The third-order valence-electron chi connectivity index (χ3n) is 5.42. The number of sulfonamides is 1. The number of amides is 1. The molecule has 0 aromatic heterocycles. The molecule has 0 spiro atoms. The molecule has 1 heterocycles. The van der Waals surface area contributed by atoms with E-state index in [0.717, 1.165) is 18.4 Å². The third-order valence-corrected chi connectivity index (χ3v) is 7.32. The molecule has 1 aliphatic heterocycles. The van der Waals surface area contributed by atoms with E-state index in [0.29, 0.717) is 18.7 Å². The maximum absolute atomic E-state index is 12.8. The van der Waals surface area contributed by atoms with Crippen molar-refractivity contribution in [1.29, 1.82) is 0 Å². The molecule has 1 atom stereocenters. The van der Waals surface area contributed by atoms with E-state index in [1.54, 1.807) is 18.2 Å². The van der Waals surface area contributed by atoms with Gasteiger partial charge in [0, 0.05) is 18.7 Å². The predicted octanol–water partition coefficient (Wildman–Crippen LogP) is 4.26. The molecular formula is C23H30N2O3S. The number of rotatable bonds is 5. The first-order valence-electron chi connectivity index (χ1n) is 10.1. The lowest BCUT2D eigenvalue weighted by molar-refractivity contribution is 0.0939. The normalized spacial score (nSPS) is 16.6. The molecule has 1 aliphatic rings. The Hall–Kier alpha value is -2.18. The van der Waals surface area contributed by atoms with Gasteiger partial charge in [0.15, 0.2) is 0 Å². The molecule has 156 valence electrons. The highest BCUT2D eigenvalue weighted by Gasteiger charge is 2.27. The molecule has 0 bridgehead atoms. The summed E-state index contributed by atoms with van der Waals surface area (Å²) in [6.45, 7) is 9.50. The van der Waals surface area contributed by atoms with E-state index in [2.05, 4.69) is 38.2 Å². The second-order valence-corrected chi connectivity index (χ2v) is 10.6. The van der Waals surface area contributed by atoms with Crippen molar-refractivity contribution in [2.75, 3.05) is 13.1 Å². The zero-order valence-corrected chi connectivity index (χ0v) is 18.4. The van der Waals surface area contributed by atoms with Crippen molar-refractivity contribution in [1.82, 2.24) is 9.62 Å². The number of hydrogen-bond donors (Lipinski definition) is 1. The molecule has 3 rings (SSSR count). The van der Waals surface area contributed by atoms with E-state index in [1.165, 1.54) is 15.9 Å². The molecule has 0 saturated carbocycles. The van der Waals surface area contributed by atoms with Gasteiger partial charge in [-0.1, -0.05) is 51.1 Å². The number of nitrogens with one attached hydrogen (secondary N) is 1. The summed E-state index contributed by atoms with van der Waals surface area (Å²) in [5.41, 5.74) is 2.67. The van der Waals surface area contributed by atoms with Gasteiger partial charge < -0.3 is 5.32 Å². The van der Waals surface area contributed by atoms with Crippen molar-refractivity contribution in [3.05, 3.63) is 65.2 Å². The van der Waals surface area contributed by atoms with Crippen LogP contribution in [0.2, 0.25) is 0 Å². The summed E-state index contributed by atoms with van der Waals surface area (Å²) in [4.78, 5) is 12.9. The zero-order valence-electron chi connectivity index (χ0n) is 17.6. The van der Waals surface area contributed by atoms with Crippen LogP contribution >= 0.6 is 0 Å². The van der Waals surface area contributed by atoms with E-state index >= 15 is 0 Å². The average Bonchev–Trinajstić information content (AvgIpc) is 3.23. The number of nitrogens with zero attached hydrogens (tertiary/aromatic N) is 1. The molecule has 1 N–H and O–H groups in total. The summed E-state index contributed by atoms with van der Waals surface area (Å²) < 4.78 is 27.0. The van der Waals surface area contributed by atoms with E-state index < -0.39 is 10.0 Å². The number of carbonyl (C=O) groups is 1. The Labute approximate surface area is 174 Å². The molecule has 5 nitrogen and oxygen atoms in total. The van der Waals surface area contributed by atoms with E-state index in [1.807, 2.05) is 19.1 Å². The van der Waals surface area contributed by atoms with Crippen molar-refractivity contribution in [2.24, 2.45) is 0 Å². The van der Waals surface area contributed by atoms with Gasteiger partial charge in [0.1, 0.15) is 0 Å². The van der Waals surface area contributed by atoms with Crippen LogP contribution in [0.3, 0.4) is 0 Å². The largest absolute Gasteiger partial charge is 0.346 e. The van der Waals surface area contributed by atoms with Gasteiger partial charge in [0.05, 0.1) is 10.9 Å². The number of carbonyl (C=O) groups excluding carboxylic acids is 1. The topological polar surface area (TPSA) is 66.5 Å². The second-order valence-electron chi connectivity index (χ2n) is 8.71. The van der Waals surface area contributed by atoms with Crippen LogP contribution < -0.4 is 5.32 Å². The first kappa shape index (κ1) is 21.5. The van der Waals surface area contributed by atoms with Crippen LogP contribution in [0.1, 0.15) is 68.1 Å². The molecule has 0 radical (unpaired) electrons. The Morgan fingerprint density at radius 3 is 2.24 bits per heavy atom. The maximum atomic E-state index is 12.8. The van der Waals surface area contributed by atoms with Gasteiger partial charge in [0.25, 0.3) is 5.91 Å². The quantitative estimate of drug-likeness (QED) is 0.795. The molecule has 1 amide bonds. The van der Waals surface area contributed by atoms with Crippen LogP contribution in [0.4, 0.5) is 0 Å². The Morgan fingerprint density at radius 2 is 1.66 bits per heavy atom. The molecule has 0 unspecified atom stereocenters. The average molecular weight is 415 g/mol. The smallest absolute Gasteiger partial charge is 0.251 e. The maximum Gasteiger partial charge on any atom is 0.251 e. The molecule has 0 aliphatic carbocycles. The van der Waals surface area contributed by atoms with Crippen LogP contribution in [0.5, 0.6) is 0 Å². The lowest BCUT2D eigenvalue weighted by Gasteiger charge is -2.21. The minimum atomic E-state index is -3.54. The molecule has 2 aromatic rings. The number of hydrogen-bond acceptors (Lipinski definition) is 3. The van der Waals surface area contributed by atoms with Crippen molar-refractivity contribution >= 4 is 15.9 Å². The third kappa shape index (κ3) is 4.87. The Balaban J connectivity index is 1.74. The monoisotopic (exact) mass is 414 g/mol. The number of benzene rings is 2. The van der Waals surface area contributed by atoms with Crippen molar-refractivity contribution < 1.29 is 13.2 Å². The summed E-state index contributed by atoms with van der Waals surface area (Å²) in [5, 5.41) is 2.97. The lowest BCUT2D eigenvalue weighted by atomic mass is 9.86. The van der Waals surface area contributed by atoms with Gasteiger partial charge in [-0.3, -0.25) is 4.79 Å². The van der Waals surface area contributed by atoms with Gasteiger partial charge in [-0.05, 0) is 54.5 Å². The fourth-order valence-electron chi connectivity index (χ4n) is 3.51. The molecule has 2 aromatic carbocycles. The SMILES string of the molecule is C[C@H](NC(=O)c1cccc(S(=O)(=O)N2CCCC2)c1)c1ccc(C(C)(C)C)cc1. The first-order valence-corrected chi connectivity index (χ1v) is 11.5. The van der Waals surface area contributed by atoms with E-state index in [9.17, 15) is 13.2 Å². The first-order chi connectivity index (χ1) is 13.6. The molecule has 1 fully saturated rings. The van der Waals surface area contributed by atoms with Gasteiger partial charge in [0.2, 0.25) is 10.0 Å². The molecule has 1 saturated heterocycles. The highest BCUT2D eigenvalue weighted by atomic mass is 32.2. The van der Waals surface area contributed by atoms with Crippen LogP contribution in [0.15, 0.2) is 53.4 Å². The van der Waals surface area contributed by atoms with Gasteiger partial charge in [-0.15, -0.1) is 0 Å². The predicted molar refractivity (Wildman–Crippen MR) is 115 cm³/mol. The van der Waals surface area contributed by atoms with Crippen molar-refractivity contribution in [2.45, 2.75) is 56.9 Å². The van der Waals surface area contributed by atoms with Crippen molar-refractivity contribution in [3.8, 4) is 0 Å². The van der Waals surface area contributed by atoms with Gasteiger partial charge >= 0.3 is 0 Å². The van der Waals surface area contributed by atoms with Gasteiger partial charge in [-0.2, -0.15) is 4.31 Å². The zero-order chi connectivity index (χ0) is 21.2. The van der Waals surface area contributed by atoms with E-state index in [-0.39, 0.29) is 22.3 Å². The Morgan fingerprint density at radius 1 is 1.03 bits per heavy atom. The fraction of sp³-hybridized carbons (Fsp3) is 0.435. The summed E-state index contributed by atoms with van der Waals surface area (Å²) >= 11 is 0. The minimum Gasteiger partial charge on any atom is -0.346 e. The summed E-state index contributed by atoms with van der Waals surface area (Å²) in [6, 6.07) is 14.3.